The van der Waals surface area contributed by atoms with Gasteiger partial charge in [0.2, 0.25) is 0 Å². The maximum atomic E-state index is 12.6. The van der Waals surface area contributed by atoms with Crippen molar-refractivity contribution in [3.8, 4) is 6.07 Å². The van der Waals surface area contributed by atoms with Crippen molar-refractivity contribution in [1.29, 1.82) is 5.26 Å². The fourth-order valence-corrected chi connectivity index (χ4v) is 3.21. The monoisotopic (exact) mass is 400 g/mol. The molecule has 144 valence electrons. The highest BCUT2D eigenvalue weighted by Gasteiger charge is 2.11. The van der Waals surface area contributed by atoms with E-state index in [2.05, 4.69) is 12.2 Å². The predicted octanol–water partition coefficient (Wildman–Crippen LogP) is 6.04. The van der Waals surface area contributed by atoms with Gasteiger partial charge in [0.25, 0.3) is 5.91 Å². The Morgan fingerprint density at radius 2 is 1.66 bits per heavy atom. The number of halogens is 1. The number of aryl methyl sites for hydroxylation is 1. The standard InChI is InChI=1S/C25H21ClN2O/c1-2-18-11-13-23(14-12-18)28-25(29)22(17-27)16-20-8-4-3-7-19(20)15-21-9-5-6-10-24(21)26/h3-14,16H,2,15H2,1H3,(H,28,29)/b22-16+. The first-order chi connectivity index (χ1) is 14.1. The number of rotatable bonds is 6. The van der Waals surface area contributed by atoms with E-state index in [0.29, 0.717) is 17.1 Å². The average Bonchev–Trinajstić information content (AvgIpc) is 2.75. The quantitative estimate of drug-likeness (QED) is 0.405. The molecule has 0 unspecified atom stereocenters. The first-order valence-electron chi connectivity index (χ1n) is 9.44. The van der Waals surface area contributed by atoms with Crippen LogP contribution in [-0.4, -0.2) is 5.91 Å². The summed E-state index contributed by atoms with van der Waals surface area (Å²) < 4.78 is 0. The van der Waals surface area contributed by atoms with E-state index in [-0.39, 0.29) is 5.57 Å². The van der Waals surface area contributed by atoms with Gasteiger partial charge < -0.3 is 5.32 Å². The summed E-state index contributed by atoms with van der Waals surface area (Å²) in [6, 6.07) is 25.0. The Kier molecular flexibility index (Phi) is 6.84. The molecule has 0 fully saturated rings. The summed E-state index contributed by atoms with van der Waals surface area (Å²) in [5.74, 6) is -0.427. The molecule has 0 atom stereocenters. The van der Waals surface area contributed by atoms with Gasteiger partial charge in [0.1, 0.15) is 11.6 Å². The van der Waals surface area contributed by atoms with Gasteiger partial charge >= 0.3 is 0 Å². The Morgan fingerprint density at radius 1 is 1.00 bits per heavy atom. The van der Waals surface area contributed by atoms with Crippen molar-refractivity contribution in [3.05, 3.63) is 106 Å². The summed E-state index contributed by atoms with van der Waals surface area (Å²) in [5.41, 5.74) is 4.71. The third-order valence-electron chi connectivity index (χ3n) is 4.68. The normalized spacial score (nSPS) is 11.0. The lowest BCUT2D eigenvalue weighted by Gasteiger charge is -2.09. The van der Waals surface area contributed by atoms with Crippen LogP contribution in [0.1, 0.15) is 29.2 Å². The Bertz CT molecular complexity index is 1080. The molecule has 4 heteroatoms. The number of nitrogens with one attached hydrogen (secondary N) is 1. The van der Waals surface area contributed by atoms with Crippen LogP contribution in [0.15, 0.2) is 78.4 Å². The molecule has 3 aromatic rings. The Morgan fingerprint density at radius 3 is 2.31 bits per heavy atom. The van der Waals surface area contributed by atoms with Crippen molar-refractivity contribution in [1.82, 2.24) is 0 Å². The molecule has 1 N–H and O–H groups in total. The average molecular weight is 401 g/mol. The van der Waals surface area contributed by atoms with Crippen LogP contribution in [0.4, 0.5) is 5.69 Å². The lowest BCUT2D eigenvalue weighted by atomic mass is 9.98. The predicted molar refractivity (Wildman–Crippen MR) is 119 cm³/mol. The zero-order valence-corrected chi connectivity index (χ0v) is 16.9. The van der Waals surface area contributed by atoms with Gasteiger partial charge in [0.15, 0.2) is 0 Å². The maximum Gasteiger partial charge on any atom is 0.266 e. The van der Waals surface area contributed by atoms with E-state index in [0.717, 1.165) is 23.1 Å². The molecule has 0 aliphatic rings. The number of hydrogen-bond donors (Lipinski definition) is 1. The van der Waals surface area contributed by atoms with E-state index < -0.39 is 5.91 Å². The minimum atomic E-state index is -0.427. The van der Waals surface area contributed by atoms with E-state index in [1.54, 1.807) is 6.08 Å². The third kappa shape index (κ3) is 5.34. The van der Waals surface area contributed by atoms with Gasteiger partial charge in [-0.25, -0.2) is 0 Å². The van der Waals surface area contributed by atoms with Crippen LogP contribution in [0.3, 0.4) is 0 Å². The largest absolute Gasteiger partial charge is 0.321 e. The van der Waals surface area contributed by atoms with E-state index in [4.69, 9.17) is 11.6 Å². The fraction of sp³-hybridized carbons (Fsp3) is 0.120. The first-order valence-corrected chi connectivity index (χ1v) is 9.82. The maximum absolute atomic E-state index is 12.6. The zero-order valence-electron chi connectivity index (χ0n) is 16.2. The minimum absolute atomic E-state index is 0.0520. The third-order valence-corrected chi connectivity index (χ3v) is 5.05. The van der Waals surface area contributed by atoms with Crippen molar-refractivity contribution in [2.24, 2.45) is 0 Å². The van der Waals surface area contributed by atoms with Gasteiger partial charge in [-0.2, -0.15) is 5.26 Å². The molecule has 3 nitrogen and oxygen atoms in total. The van der Waals surface area contributed by atoms with Crippen LogP contribution in [0.25, 0.3) is 6.08 Å². The topological polar surface area (TPSA) is 52.9 Å². The number of carbonyl (C=O) groups excluding carboxylic acids is 1. The molecule has 0 bridgehead atoms. The molecule has 0 aliphatic carbocycles. The van der Waals surface area contributed by atoms with Crippen LogP contribution in [-0.2, 0) is 17.6 Å². The Balaban J connectivity index is 1.84. The minimum Gasteiger partial charge on any atom is -0.321 e. The van der Waals surface area contributed by atoms with Crippen molar-refractivity contribution >= 4 is 29.3 Å². The van der Waals surface area contributed by atoms with Crippen molar-refractivity contribution in [2.45, 2.75) is 19.8 Å². The lowest BCUT2D eigenvalue weighted by molar-refractivity contribution is -0.112. The van der Waals surface area contributed by atoms with Crippen molar-refractivity contribution in [2.75, 3.05) is 5.32 Å². The number of hydrogen-bond acceptors (Lipinski definition) is 2. The van der Waals surface area contributed by atoms with Crippen LogP contribution in [0, 0.1) is 11.3 Å². The number of amides is 1. The molecular formula is C25H21ClN2O. The molecule has 0 spiro atoms. The summed E-state index contributed by atoms with van der Waals surface area (Å²) in [4.78, 5) is 12.6. The molecule has 0 radical (unpaired) electrons. The van der Waals surface area contributed by atoms with Gasteiger partial charge in [0.05, 0.1) is 0 Å². The highest BCUT2D eigenvalue weighted by atomic mass is 35.5. The Hall–Kier alpha value is -3.35. The van der Waals surface area contributed by atoms with Gasteiger partial charge in [-0.1, -0.05) is 73.1 Å². The van der Waals surface area contributed by atoms with Crippen LogP contribution in [0.5, 0.6) is 0 Å². The molecule has 0 aromatic heterocycles. The van der Waals surface area contributed by atoms with Crippen molar-refractivity contribution in [3.63, 3.8) is 0 Å². The molecule has 0 saturated heterocycles. The molecular weight excluding hydrogens is 380 g/mol. The first kappa shape index (κ1) is 20.4. The highest BCUT2D eigenvalue weighted by molar-refractivity contribution is 6.31. The number of nitriles is 1. The Labute approximate surface area is 176 Å². The number of nitrogens with zero attached hydrogens (tertiary/aromatic N) is 1. The summed E-state index contributed by atoms with van der Waals surface area (Å²) in [6.45, 7) is 2.07. The summed E-state index contributed by atoms with van der Waals surface area (Å²) in [7, 11) is 0. The molecule has 0 heterocycles. The van der Waals surface area contributed by atoms with Gasteiger partial charge in [-0.15, -0.1) is 0 Å². The number of anilines is 1. The van der Waals surface area contributed by atoms with E-state index in [1.807, 2.05) is 78.9 Å². The molecule has 0 aliphatic heterocycles. The van der Waals surface area contributed by atoms with Crippen LogP contribution >= 0.6 is 11.6 Å². The second-order valence-corrected chi connectivity index (χ2v) is 7.05. The second-order valence-electron chi connectivity index (χ2n) is 6.64. The van der Waals surface area contributed by atoms with Gasteiger partial charge in [-0.3, -0.25) is 4.79 Å². The fourth-order valence-electron chi connectivity index (χ4n) is 3.01. The van der Waals surface area contributed by atoms with Crippen LogP contribution < -0.4 is 5.32 Å². The number of benzene rings is 3. The van der Waals surface area contributed by atoms with Gasteiger partial charge in [0, 0.05) is 10.7 Å². The van der Waals surface area contributed by atoms with Gasteiger partial charge in [-0.05, 0) is 59.4 Å². The van der Waals surface area contributed by atoms with Crippen molar-refractivity contribution < 1.29 is 4.79 Å². The lowest BCUT2D eigenvalue weighted by Crippen LogP contribution is -2.13. The smallest absolute Gasteiger partial charge is 0.266 e. The molecule has 29 heavy (non-hydrogen) atoms. The van der Waals surface area contributed by atoms with E-state index >= 15 is 0 Å². The van der Waals surface area contributed by atoms with Crippen LogP contribution in [0.2, 0.25) is 5.02 Å². The highest BCUT2D eigenvalue weighted by Crippen LogP contribution is 2.22. The SMILES string of the molecule is CCc1ccc(NC(=O)/C(C#N)=C/c2ccccc2Cc2ccccc2Cl)cc1. The van der Waals surface area contributed by atoms with E-state index in [1.165, 1.54) is 5.56 Å². The zero-order chi connectivity index (χ0) is 20.6. The summed E-state index contributed by atoms with van der Waals surface area (Å²) in [5, 5.41) is 13.0. The summed E-state index contributed by atoms with van der Waals surface area (Å²) in [6.07, 6.45) is 3.17. The summed E-state index contributed by atoms with van der Waals surface area (Å²) >= 11 is 6.29. The van der Waals surface area contributed by atoms with E-state index in [9.17, 15) is 10.1 Å². The molecule has 3 rings (SSSR count). The number of carbonyl (C=O) groups is 1. The molecule has 1 amide bonds. The molecule has 0 saturated carbocycles. The second kappa shape index (κ2) is 9.73. The molecule has 3 aromatic carbocycles.